The summed E-state index contributed by atoms with van der Waals surface area (Å²) in [5, 5.41) is 13.9. The van der Waals surface area contributed by atoms with Gasteiger partial charge in [0.05, 0.1) is 6.61 Å². The molecule has 0 aromatic carbocycles. The molecule has 0 aliphatic heterocycles. The third-order valence-corrected chi connectivity index (χ3v) is 3.19. The molecule has 1 aliphatic carbocycles. The van der Waals surface area contributed by atoms with Gasteiger partial charge in [0.2, 0.25) is 0 Å². The van der Waals surface area contributed by atoms with Gasteiger partial charge in [-0.05, 0) is 18.8 Å². The van der Waals surface area contributed by atoms with E-state index in [9.17, 15) is 9.59 Å². The lowest BCUT2D eigenvalue weighted by molar-refractivity contribution is -0.142. The second-order valence-corrected chi connectivity index (χ2v) is 4.71. The van der Waals surface area contributed by atoms with Gasteiger partial charge in [-0.25, -0.2) is 9.59 Å². The van der Waals surface area contributed by atoms with Crippen molar-refractivity contribution in [1.29, 1.82) is 0 Å². The molecule has 1 saturated carbocycles. The van der Waals surface area contributed by atoms with Crippen molar-refractivity contribution >= 4 is 12.0 Å². The standard InChI is InChI=1S/C12H22N2O4/c1-9-4-2-3-5-10(9)14-12(17)13-6-7-18-8-11(15)16/h9-10H,2-8H2,1H3,(H,15,16)(H2,13,14,17). The summed E-state index contributed by atoms with van der Waals surface area (Å²) >= 11 is 0. The first kappa shape index (κ1) is 14.8. The third kappa shape index (κ3) is 5.86. The van der Waals surface area contributed by atoms with Crippen LogP contribution in [-0.4, -0.2) is 42.9 Å². The molecular weight excluding hydrogens is 236 g/mol. The molecule has 2 amide bonds. The first-order chi connectivity index (χ1) is 8.59. The Morgan fingerprint density at radius 2 is 2.06 bits per heavy atom. The zero-order valence-corrected chi connectivity index (χ0v) is 10.8. The van der Waals surface area contributed by atoms with Crippen LogP contribution in [0.5, 0.6) is 0 Å². The Labute approximate surface area is 107 Å². The molecule has 1 aliphatic rings. The molecule has 0 heterocycles. The molecule has 18 heavy (non-hydrogen) atoms. The molecule has 6 heteroatoms. The van der Waals surface area contributed by atoms with Crippen LogP contribution >= 0.6 is 0 Å². The van der Waals surface area contributed by atoms with Gasteiger partial charge in [-0.1, -0.05) is 19.8 Å². The van der Waals surface area contributed by atoms with Crippen LogP contribution < -0.4 is 10.6 Å². The van der Waals surface area contributed by atoms with Crippen LogP contribution in [0, 0.1) is 5.92 Å². The number of aliphatic carboxylic acids is 1. The monoisotopic (exact) mass is 258 g/mol. The second-order valence-electron chi connectivity index (χ2n) is 4.71. The van der Waals surface area contributed by atoms with Crippen LogP contribution in [0.3, 0.4) is 0 Å². The van der Waals surface area contributed by atoms with Crippen molar-refractivity contribution in [3.8, 4) is 0 Å². The fraction of sp³-hybridized carbons (Fsp3) is 0.833. The van der Waals surface area contributed by atoms with Crippen molar-refractivity contribution in [1.82, 2.24) is 10.6 Å². The van der Waals surface area contributed by atoms with Crippen molar-refractivity contribution in [2.24, 2.45) is 5.92 Å². The van der Waals surface area contributed by atoms with Gasteiger partial charge in [-0.2, -0.15) is 0 Å². The number of carbonyl (C=O) groups is 2. The van der Waals surface area contributed by atoms with Gasteiger partial charge in [0.25, 0.3) is 0 Å². The molecule has 2 unspecified atom stereocenters. The normalized spacial score (nSPS) is 23.4. The summed E-state index contributed by atoms with van der Waals surface area (Å²) in [7, 11) is 0. The van der Waals surface area contributed by atoms with Crippen LogP contribution in [0.4, 0.5) is 4.79 Å². The van der Waals surface area contributed by atoms with E-state index in [-0.39, 0.29) is 25.3 Å². The van der Waals surface area contributed by atoms with Gasteiger partial charge in [-0.3, -0.25) is 0 Å². The first-order valence-electron chi connectivity index (χ1n) is 6.43. The molecule has 6 nitrogen and oxygen atoms in total. The highest BCUT2D eigenvalue weighted by Crippen LogP contribution is 2.23. The maximum atomic E-state index is 11.6. The molecule has 0 saturated heterocycles. The van der Waals surface area contributed by atoms with Gasteiger partial charge in [0.15, 0.2) is 0 Å². The molecule has 0 aromatic heterocycles. The van der Waals surface area contributed by atoms with E-state index in [4.69, 9.17) is 9.84 Å². The van der Waals surface area contributed by atoms with Crippen LogP contribution in [0.25, 0.3) is 0 Å². The van der Waals surface area contributed by atoms with E-state index in [0.29, 0.717) is 12.5 Å². The Hall–Kier alpha value is -1.30. The lowest BCUT2D eigenvalue weighted by Crippen LogP contribution is -2.46. The van der Waals surface area contributed by atoms with Crippen LogP contribution in [0.1, 0.15) is 32.6 Å². The number of nitrogens with one attached hydrogen (secondary N) is 2. The van der Waals surface area contributed by atoms with Gasteiger partial charge in [0.1, 0.15) is 6.61 Å². The Kier molecular flexibility index (Phi) is 6.49. The van der Waals surface area contributed by atoms with Crippen molar-refractivity contribution in [2.75, 3.05) is 19.8 Å². The summed E-state index contributed by atoms with van der Waals surface area (Å²) in [6.45, 7) is 2.35. The van der Waals surface area contributed by atoms with Gasteiger partial charge >= 0.3 is 12.0 Å². The predicted octanol–water partition coefficient (Wildman–Crippen LogP) is 0.965. The first-order valence-corrected chi connectivity index (χ1v) is 6.43. The average molecular weight is 258 g/mol. The molecular formula is C12H22N2O4. The molecule has 2 atom stereocenters. The minimum atomic E-state index is -1.00. The molecule has 1 fully saturated rings. The quantitative estimate of drug-likeness (QED) is 0.619. The summed E-state index contributed by atoms with van der Waals surface area (Å²) in [6, 6.07) is 0.0476. The molecule has 0 spiro atoms. The van der Waals surface area contributed by atoms with E-state index in [1.165, 1.54) is 6.42 Å². The molecule has 0 radical (unpaired) electrons. The van der Waals surface area contributed by atoms with Crippen molar-refractivity contribution in [2.45, 2.75) is 38.6 Å². The van der Waals surface area contributed by atoms with Gasteiger partial charge in [0, 0.05) is 12.6 Å². The number of hydrogen-bond donors (Lipinski definition) is 3. The van der Waals surface area contributed by atoms with Crippen LogP contribution in [-0.2, 0) is 9.53 Å². The number of urea groups is 1. The van der Waals surface area contributed by atoms with E-state index in [2.05, 4.69) is 17.6 Å². The fourth-order valence-electron chi connectivity index (χ4n) is 2.15. The minimum Gasteiger partial charge on any atom is -0.480 e. The average Bonchev–Trinajstić information content (AvgIpc) is 2.31. The van der Waals surface area contributed by atoms with E-state index in [0.717, 1.165) is 19.3 Å². The van der Waals surface area contributed by atoms with Crippen molar-refractivity contribution in [3.63, 3.8) is 0 Å². The maximum Gasteiger partial charge on any atom is 0.329 e. The van der Waals surface area contributed by atoms with Gasteiger partial charge in [-0.15, -0.1) is 0 Å². The van der Waals surface area contributed by atoms with E-state index >= 15 is 0 Å². The SMILES string of the molecule is CC1CCCCC1NC(=O)NCCOCC(=O)O. The number of hydrogen-bond acceptors (Lipinski definition) is 3. The number of amides is 2. The highest BCUT2D eigenvalue weighted by Gasteiger charge is 2.22. The summed E-state index contributed by atoms with van der Waals surface area (Å²) in [4.78, 5) is 21.7. The molecule has 0 bridgehead atoms. The Balaban J connectivity index is 2.07. The highest BCUT2D eigenvalue weighted by atomic mass is 16.5. The lowest BCUT2D eigenvalue weighted by atomic mass is 9.86. The minimum absolute atomic E-state index is 0.201. The number of carboxylic acids is 1. The molecule has 1 rings (SSSR count). The second kappa shape index (κ2) is 7.92. The van der Waals surface area contributed by atoms with E-state index in [1.54, 1.807) is 0 Å². The smallest absolute Gasteiger partial charge is 0.329 e. The van der Waals surface area contributed by atoms with Crippen molar-refractivity contribution < 1.29 is 19.4 Å². The summed E-state index contributed by atoms with van der Waals surface area (Å²) in [5.41, 5.74) is 0. The van der Waals surface area contributed by atoms with Crippen LogP contribution in [0.15, 0.2) is 0 Å². The topological polar surface area (TPSA) is 87.7 Å². The number of carbonyl (C=O) groups excluding carboxylic acids is 1. The largest absolute Gasteiger partial charge is 0.480 e. The van der Waals surface area contributed by atoms with E-state index in [1.807, 2.05) is 0 Å². The van der Waals surface area contributed by atoms with Gasteiger partial charge < -0.3 is 20.5 Å². The zero-order chi connectivity index (χ0) is 13.4. The number of rotatable bonds is 6. The fourth-order valence-corrected chi connectivity index (χ4v) is 2.15. The Bertz CT molecular complexity index is 283. The van der Waals surface area contributed by atoms with Crippen LogP contribution in [0.2, 0.25) is 0 Å². The highest BCUT2D eigenvalue weighted by molar-refractivity contribution is 5.74. The Morgan fingerprint density at radius 3 is 2.72 bits per heavy atom. The number of ether oxygens (including phenoxy) is 1. The van der Waals surface area contributed by atoms with Crippen molar-refractivity contribution in [3.05, 3.63) is 0 Å². The van der Waals surface area contributed by atoms with E-state index < -0.39 is 5.97 Å². The lowest BCUT2D eigenvalue weighted by Gasteiger charge is -2.29. The predicted molar refractivity (Wildman–Crippen MR) is 66.4 cm³/mol. The summed E-state index contributed by atoms with van der Waals surface area (Å²) in [5.74, 6) is -0.483. The number of carboxylic acid groups (broad SMARTS) is 1. The summed E-state index contributed by atoms with van der Waals surface area (Å²) in [6.07, 6.45) is 4.60. The molecule has 104 valence electrons. The zero-order valence-electron chi connectivity index (χ0n) is 10.8. The molecule has 3 N–H and O–H groups in total. The Morgan fingerprint density at radius 1 is 1.33 bits per heavy atom. The maximum absolute atomic E-state index is 11.6. The third-order valence-electron chi connectivity index (χ3n) is 3.19. The summed E-state index contributed by atoms with van der Waals surface area (Å²) < 4.78 is 4.81. The molecule has 0 aromatic rings.